The second kappa shape index (κ2) is 7.38. The summed E-state index contributed by atoms with van der Waals surface area (Å²) in [6, 6.07) is 15.7. The summed E-state index contributed by atoms with van der Waals surface area (Å²) < 4.78 is 0. The summed E-state index contributed by atoms with van der Waals surface area (Å²) >= 11 is 0. The second-order valence-corrected chi connectivity index (χ2v) is 4.91. The van der Waals surface area contributed by atoms with Gasteiger partial charge in [0.15, 0.2) is 0 Å². The molecule has 4 N–H and O–H groups in total. The maximum atomic E-state index is 12.2. The molecule has 5 nitrogen and oxygen atoms in total. The zero-order valence-corrected chi connectivity index (χ0v) is 12.4. The molecule has 2 aromatic rings. The van der Waals surface area contributed by atoms with Crippen LogP contribution in [0.3, 0.4) is 0 Å². The number of hydrogen-bond acceptors (Lipinski definition) is 3. The molecule has 0 bridgehead atoms. The minimum atomic E-state index is -0.680. The molecule has 2 amide bonds. The Bertz CT molecular complexity index is 656. The SMILES string of the molecule is CNC(=O)c1ccccc1NC(=O)C(N)Cc1ccccc1. The van der Waals surface area contributed by atoms with Crippen molar-refractivity contribution in [2.24, 2.45) is 5.73 Å². The van der Waals surface area contributed by atoms with Crippen LogP contribution in [0.15, 0.2) is 54.6 Å². The van der Waals surface area contributed by atoms with Crippen molar-refractivity contribution in [2.75, 3.05) is 12.4 Å². The summed E-state index contributed by atoms with van der Waals surface area (Å²) in [5.41, 5.74) is 7.80. The van der Waals surface area contributed by atoms with Gasteiger partial charge >= 0.3 is 0 Å². The molecule has 0 aromatic heterocycles. The molecule has 5 heteroatoms. The summed E-state index contributed by atoms with van der Waals surface area (Å²) in [4.78, 5) is 24.0. The molecule has 1 unspecified atom stereocenters. The number of nitrogens with two attached hydrogens (primary N) is 1. The van der Waals surface area contributed by atoms with E-state index in [4.69, 9.17) is 5.73 Å². The van der Waals surface area contributed by atoms with Gasteiger partial charge in [-0.3, -0.25) is 9.59 Å². The van der Waals surface area contributed by atoms with E-state index in [0.29, 0.717) is 17.7 Å². The quantitative estimate of drug-likeness (QED) is 0.783. The molecule has 114 valence electrons. The number of carbonyl (C=O) groups excluding carboxylic acids is 2. The third-order valence-corrected chi connectivity index (χ3v) is 3.29. The highest BCUT2D eigenvalue weighted by Gasteiger charge is 2.17. The highest BCUT2D eigenvalue weighted by atomic mass is 16.2. The van der Waals surface area contributed by atoms with Crippen LogP contribution in [0.1, 0.15) is 15.9 Å². The van der Waals surface area contributed by atoms with Crippen LogP contribution in [0, 0.1) is 0 Å². The Hall–Kier alpha value is -2.66. The highest BCUT2D eigenvalue weighted by Crippen LogP contribution is 2.15. The molecular weight excluding hydrogens is 278 g/mol. The molecule has 0 aliphatic heterocycles. The van der Waals surface area contributed by atoms with Gasteiger partial charge in [-0.05, 0) is 24.1 Å². The lowest BCUT2D eigenvalue weighted by Gasteiger charge is -2.14. The molecule has 0 heterocycles. The van der Waals surface area contributed by atoms with E-state index in [1.165, 1.54) is 0 Å². The minimum absolute atomic E-state index is 0.257. The van der Waals surface area contributed by atoms with Gasteiger partial charge in [0.05, 0.1) is 17.3 Å². The maximum absolute atomic E-state index is 12.2. The van der Waals surface area contributed by atoms with Crippen LogP contribution in [0.4, 0.5) is 5.69 Å². The molecule has 0 aliphatic carbocycles. The van der Waals surface area contributed by atoms with Crippen LogP contribution in [0.2, 0.25) is 0 Å². The van der Waals surface area contributed by atoms with Gasteiger partial charge in [0.2, 0.25) is 5.91 Å². The van der Waals surface area contributed by atoms with Crippen molar-refractivity contribution >= 4 is 17.5 Å². The van der Waals surface area contributed by atoms with Crippen molar-refractivity contribution in [2.45, 2.75) is 12.5 Å². The fourth-order valence-corrected chi connectivity index (χ4v) is 2.11. The van der Waals surface area contributed by atoms with E-state index in [9.17, 15) is 9.59 Å². The van der Waals surface area contributed by atoms with E-state index in [1.54, 1.807) is 31.3 Å². The van der Waals surface area contributed by atoms with Gasteiger partial charge in [-0.15, -0.1) is 0 Å². The molecular formula is C17H19N3O2. The second-order valence-electron chi connectivity index (χ2n) is 4.91. The van der Waals surface area contributed by atoms with Crippen LogP contribution >= 0.6 is 0 Å². The number of hydrogen-bond donors (Lipinski definition) is 3. The van der Waals surface area contributed by atoms with Gasteiger partial charge in [-0.1, -0.05) is 42.5 Å². The van der Waals surface area contributed by atoms with Gasteiger partial charge in [0.1, 0.15) is 0 Å². The van der Waals surface area contributed by atoms with E-state index in [2.05, 4.69) is 10.6 Å². The molecule has 0 saturated heterocycles. The smallest absolute Gasteiger partial charge is 0.253 e. The van der Waals surface area contributed by atoms with Gasteiger partial charge in [-0.25, -0.2) is 0 Å². The molecule has 0 aliphatic rings. The summed E-state index contributed by atoms with van der Waals surface area (Å²) in [6.07, 6.45) is 0.439. The molecule has 0 fully saturated rings. The largest absolute Gasteiger partial charge is 0.355 e. The van der Waals surface area contributed by atoms with Gasteiger partial charge in [-0.2, -0.15) is 0 Å². The van der Waals surface area contributed by atoms with Gasteiger partial charge in [0.25, 0.3) is 5.91 Å². The number of rotatable bonds is 5. The van der Waals surface area contributed by atoms with E-state index >= 15 is 0 Å². The van der Waals surface area contributed by atoms with Gasteiger partial charge in [0, 0.05) is 7.05 Å². The standard InChI is InChI=1S/C17H19N3O2/c1-19-16(21)13-9-5-6-10-15(13)20-17(22)14(18)11-12-7-3-2-4-8-12/h2-10,14H,11,18H2,1H3,(H,19,21)(H,20,22). The van der Waals surface area contributed by atoms with E-state index < -0.39 is 6.04 Å². The summed E-state index contributed by atoms with van der Waals surface area (Å²) in [7, 11) is 1.54. The first-order valence-corrected chi connectivity index (χ1v) is 7.03. The Labute approximate surface area is 129 Å². The Kier molecular flexibility index (Phi) is 5.27. The van der Waals surface area contributed by atoms with Crippen molar-refractivity contribution in [1.29, 1.82) is 0 Å². The molecule has 2 aromatic carbocycles. The van der Waals surface area contributed by atoms with Crippen LogP contribution in [0.5, 0.6) is 0 Å². The molecule has 0 radical (unpaired) electrons. The first-order chi connectivity index (χ1) is 10.6. The van der Waals surface area contributed by atoms with Crippen LogP contribution in [-0.2, 0) is 11.2 Å². The monoisotopic (exact) mass is 297 g/mol. The van der Waals surface area contributed by atoms with Crippen LogP contribution < -0.4 is 16.4 Å². The average Bonchev–Trinajstić information content (AvgIpc) is 2.55. The van der Waals surface area contributed by atoms with E-state index in [0.717, 1.165) is 5.56 Å². The van der Waals surface area contributed by atoms with Crippen molar-refractivity contribution in [3.63, 3.8) is 0 Å². The Balaban J connectivity index is 2.07. The third-order valence-electron chi connectivity index (χ3n) is 3.29. The Morgan fingerprint density at radius 3 is 2.36 bits per heavy atom. The predicted molar refractivity (Wildman–Crippen MR) is 86.6 cm³/mol. The zero-order valence-electron chi connectivity index (χ0n) is 12.4. The summed E-state index contributed by atoms with van der Waals surface area (Å²) in [6.45, 7) is 0. The van der Waals surface area contributed by atoms with Crippen LogP contribution in [-0.4, -0.2) is 24.9 Å². The zero-order chi connectivity index (χ0) is 15.9. The molecule has 0 spiro atoms. The lowest BCUT2D eigenvalue weighted by Crippen LogP contribution is -2.38. The van der Waals surface area contributed by atoms with Crippen LogP contribution in [0.25, 0.3) is 0 Å². The number of para-hydroxylation sites is 1. The third kappa shape index (κ3) is 3.93. The number of nitrogens with one attached hydrogen (secondary N) is 2. The Morgan fingerprint density at radius 1 is 1.05 bits per heavy atom. The summed E-state index contributed by atoms with van der Waals surface area (Å²) in [5.74, 6) is -0.576. The minimum Gasteiger partial charge on any atom is -0.355 e. The molecule has 0 saturated carbocycles. The molecule has 1 atom stereocenters. The fourth-order valence-electron chi connectivity index (χ4n) is 2.11. The lowest BCUT2D eigenvalue weighted by molar-refractivity contribution is -0.117. The van der Waals surface area contributed by atoms with Crippen molar-refractivity contribution in [3.8, 4) is 0 Å². The number of benzene rings is 2. The number of anilines is 1. The molecule has 22 heavy (non-hydrogen) atoms. The van der Waals surface area contributed by atoms with E-state index in [1.807, 2.05) is 30.3 Å². The Morgan fingerprint density at radius 2 is 1.68 bits per heavy atom. The van der Waals surface area contributed by atoms with Crippen molar-refractivity contribution < 1.29 is 9.59 Å². The fraction of sp³-hybridized carbons (Fsp3) is 0.176. The van der Waals surface area contributed by atoms with Gasteiger partial charge < -0.3 is 16.4 Å². The first kappa shape index (κ1) is 15.7. The summed E-state index contributed by atoms with van der Waals surface area (Å²) in [5, 5.41) is 5.26. The average molecular weight is 297 g/mol. The predicted octanol–water partition coefficient (Wildman–Crippen LogP) is 1.55. The topological polar surface area (TPSA) is 84.2 Å². The number of carbonyl (C=O) groups is 2. The number of amides is 2. The highest BCUT2D eigenvalue weighted by molar-refractivity contribution is 6.04. The molecule has 2 rings (SSSR count). The van der Waals surface area contributed by atoms with Crippen molar-refractivity contribution in [3.05, 3.63) is 65.7 Å². The first-order valence-electron chi connectivity index (χ1n) is 7.03. The normalized spacial score (nSPS) is 11.5. The lowest BCUT2D eigenvalue weighted by atomic mass is 10.1. The van der Waals surface area contributed by atoms with E-state index in [-0.39, 0.29) is 11.8 Å². The maximum Gasteiger partial charge on any atom is 0.253 e. The van der Waals surface area contributed by atoms with Crippen molar-refractivity contribution in [1.82, 2.24) is 5.32 Å².